The highest BCUT2D eigenvalue weighted by Gasteiger charge is 2.15. The molecule has 0 aliphatic carbocycles. The van der Waals surface area contributed by atoms with Crippen LogP contribution in [0.5, 0.6) is 11.5 Å². The van der Waals surface area contributed by atoms with Gasteiger partial charge in [0.2, 0.25) is 0 Å². The Morgan fingerprint density at radius 1 is 1.21 bits per heavy atom. The summed E-state index contributed by atoms with van der Waals surface area (Å²) in [6, 6.07) is 5.23. The van der Waals surface area contributed by atoms with E-state index in [1.165, 1.54) is 0 Å². The first-order valence-electron chi connectivity index (χ1n) is 6.40. The molecule has 0 saturated carbocycles. The van der Waals surface area contributed by atoms with Gasteiger partial charge in [-0.3, -0.25) is 4.79 Å². The number of benzene rings is 1. The van der Waals surface area contributed by atoms with E-state index in [1.54, 1.807) is 7.05 Å². The Labute approximate surface area is 113 Å². The number of nitrogens with one attached hydrogen (secondary N) is 1. The quantitative estimate of drug-likeness (QED) is 0.756. The molecule has 0 amide bonds. The maximum absolute atomic E-state index is 10.9. The molecule has 1 atom stereocenters. The normalized spacial score (nSPS) is 11.9. The average molecular weight is 267 g/mol. The summed E-state index contributed by atoms with van der Waals surface area (Å²) in [5, 5.41) is 11.9. The van der Waals surface area contributed by atoms with E-state index in [0.717, 1.165) is 5.56 Å². The lowest BCUT2D eigenvalue weighted by atomic mass is 10.0. The molecule has 0 aliphatic heterocycles. The molecular formula is C14H21NO4. The molecule has 2 N–H and O–H groups in total. The standard InChI is InChI=1S/C14H21NO4/c1-4-18-11-6-10(7-12(8-11)19-5-2)13(15-3)9-14(16)17/h6-8,13,15H,4-5,9H2,1-3H3,(H,16,17). The molecule has 1 unspecified atom stereocenters. The van der Waals surface area contributed by atoms with Gasteiger partial charge in [0.1, 0.15) is 11.5 Å². The predicted octanol–water partition coefficient (Wildman–Crippen LogP) is 2.22. The molecule has 0 aliphatic rings. The van der Waals surface area contributed by atoms with E-state index in [2.05, 4.69) is 5.32 Å². The Hall–Kier alpha value is -1.75. The highest BCUT2D eigenvalue weighted by Crippen LogP contribution is 2.28. The van der Waals surface area contributed by atoms with Crippen LogP contribution in [0, 0.1) is 0 Å². The molecule has 0 fully saturated rings. The molecule has 0 saturated heterocycles. The van der Waals surface area contributed by atoms with Gasteiger partial charge < -0.3 is 19.9 Å². The van der Waals surface area contributed by atoms with E-state index in [1.807, 2.05) is 32.0 Å². The second kappa shape index (κ2) is 7.63. The summed E-state index contributed by atoms with van der Waals surface area (Å²) in [5.41, 5.74) is 0.847. The van der Waals surface area contributed by atoms with Crippen molar-refractivity contribution >= 4 is 5.97 Å². The molecule has 19 heavy (non-hydrogen) atoms. The van der Waals surface area contributed by atoms with Crippen molar-refractivity contribution in [1.29, 1.82) is 0 Å². The van der Waals surface area contributed by atoms with E-state index in [0.29, 0.717) is 24.7 Å². The molecule has 106 valence electrons. The molecule has 0 radical (unpaired) electrons. The maximum Gasteiger partial charge on any atom is 0.305 e. The van der Waals surface area contributed by atoms with Gasteiger partial charge in [0.15, 0.2) is 0 Å². The van der Waals surface area contributed by atoms with Crippen LogP contribution in [0.25, 0.3) is 0 Å². The fourth-order valence-electron chi connectivity index (χ4n) is 1.86. The molecule has 5 nitrogen and oxygen atoms in total. The van der Waals surface area contributed by atoms with Crippen molar-refractivity contribution in [3.05, 3.63) is 23.8 Å². The Morgan fingerprint density at radius 2 is 1.74 bits per heavy atom. The second-order valence-electron chi connectivity index (χ2n) is 4.04. The summed E-state index contributed by atoms with van der Waals surface area (Å²) in [5.74, 6) is 0.530. The molecule has 1 aromatic carbocycles. The number of carbonyl (C=O) groups is 1. The molecule has 1 aromatic rings. The lowest BCUT2D eigenvalue weighted by Crippen LogP contribution is -2.20. The Bertz CT molecular complexity index is 396. The van der Waals surface area contributed by atoms with Gasteiger partial charge in [-0.15, -0.1) is 0 Å². The van der Waals surface area contributed by atoms with Crippen LogP contribution in [0.3, 0.4) is 0 Å². The van der Waals surface area contributed by atoms with Crippen LogP contribution < -0.4 is 14.8 Å². The van der Waals surface area contributed by atoms with Crippen LogP contribution >= 0.6 is 0 Å². The van der Waals surface area contributed by atoms with Gasteiger partial charge in [0.25, 0.3) is 0 Å². The van der Waals surface area contributed by atoms with Crippen LogP contribution in [-0.2, 0) is 4.79 Å². The topological polar surface area (TPSA) is 67.8 Å². The number of carboxylic acids is 1. The van der Waals surface area contributed by atoms with Crippen molar-refractivity contribution in [2.75, 3.05) is 20.3 Å². The largest absolute Gasteiger partial charge is 0.494 e. The zero-order valence-electron chi connectivity index (χ0n) is 11.6. The van der Waals surface area contributed by atoms with E-state index in [-0.39, 0.29) is 12.5 Å². The molecule has 5 heteroatoms. The Balaban J connectivity index is 3.04. The smallest absolute Gasteiger partial charge is 0.305 e. The number of hydrogen-bond donors (Lipinski definition) is 2. The van der Waals surface area contributed by atoms with Crippen LogP contribution in [-0.4, -0.2) is 31.3 Å². The van der Waals surface area contributed by atoms with Gasteiger partial charge in [0, 0.05) is 12.1 Å². The molecular weight excluding hydrogens is 246 g/mol. The van der Waals surface area contributed by atoms with Gasteiger partial charge >= 0.3 is 5.97 Å². The summed E-state index contributed by atoms with van der Waals surface area (Å²) < 4.78 is 11.0. The van der Waals surface area contributed by atoms with Crippen molar-refractivity contribution < 1.29 is 19.4 Å². The zero-order valence-corrected chi connectivity index (χ0v) is 11.6. The van der Waals surface area contributed by atoms with Gasteiger partial charge in [-0.05, 0) is 38.6 Å². The van der Waals surface area contributed by atoms with E-state index >= 15 is 0 Å². The summed E-state index contributed by atoms with van der Waals surface area (Å²) in [7, 11) is 1.74. The second-order valence-corrected chi connectivity index (χ2v) is 4.04. The van der Waals surface area contributed by atoms with E-state index < -0.39 is 5.97 Å². The molecule has 1 rings (SSSR count). The number of hydrogen-bond acceptors (Lipinski definition) is 4. The van der Waals surface area contributed by atoms with Crippen molar-refractivity contribution in [3.63, 3.8) is 0 Å². The maximum atomic E-state index is 10.9. The molecule has 0 spiro atoms. The minimum absolute atomic E-state index is 0.0116. The Morgan fingerprint density at radius 3 is 2.11 bits per heavy atom. The minimum Gasteiger partial charge on any atom is -0.494 e. The van der Waals surface area contributed by atoms with Crippen molar-refractivity contribution in [2.45, 2.75) is 26.3 Å². The number of carboxylic acid groups (broad SMARTS) is 1. The molecule has 0 heterocycles. The van der Waals surface area contributed by atoms with Gasteiger partial charge in [0.05, 0.1) is 19.6 Å². The van der Waals surface area contributed by atoms with Gasteiger partial charge in [-0.1, -0.05) is 0 Å². The molecule has 0 bridgehead atoms. The highest BCUT2D eigenvalue weighted by molar-refractivity contribution is 5.68. The van der Waals surface area contributed by atoms with Crippen molar-refractivity contribution in [2.24, 2.45) is 0 Å². The third-order valence-electron chi connectivity index (χ3n) is 2.65. The predicted molar refractivity (Wildman–Crippen MR) is 72.8 cm³/mol. The van der Waals surface area contributed by atoms with Gasteiger partial charge in [-0.25, -0.2) is 0 Å². The highest BCUT2D eigenvalue weighted by atomic mass is 16.5. The lowest BCUT2D eigenvalue weighted by molar-refractivity contribution is -0.137. The number of rotatable bonds is 8. The van der Waals surface area contributed by atoms with Crippen molar-refractivity contribution in [3.8, 4) is 11.5 Å². The van der Waals surface area contributed by atoms with E-state index in [9.17, 15) is 4.79 Å². The monoisotopic (exact) mass is 267 g/mol. The fraction of sp³-hybridized carbons (Fsp3) is 0.500. The van der Waals surface area contributed by atoms with Crippen LogP contribution in [0.2, 0.25) is 0 Å². The minimum atomic E-state index is -0.848. The van der Waals surface area contributed by atoms with Crippen LogP contribution in [0.1, 0.15) is 31.9 Å². The third kappa shape index (κ3) is 4.79. The van der Waals surface area contributed by atoms with Crippen LogP contribution in [0.15, 0.2) is 18.2 Å². The zero-order chi connectivity index (χ0) is 14.3. The Kier molecular flexibility index (Phi) is 6.15. The average Bonchev–Trinajstić information content (AvgIpc) is 2.36. The van der Waals surface area contributed by atoms with Crippen molar-refractivity contribution in [1.82, 2.24) is 5.32 Å². The summed E-state index contributed by atoms with van der Waals surface area (Å²) >= 11 is 0. The van der Waals surface area contributed by atoms with Gasteiger partial charge in [-0.2, -0.15) is 0 Å². The first-order chi connectivity index (χ1) is 9.10. The summed E-state index contributed by atoms with van der Waals surface area (Å²) in [6.07, 6.45) is 0.0116. The SMILES string of the molecule is CCOc1cc(OCC)cc(C(CC(=O)O)NC)c1. The molecule has 0 aromatic heterocycles. The van der Waals surface area contributed by atoms with Crippen LogP contribution in [0.4, 0.5) is 0 Å². The third-order valence-corrected chi connectivity index (χ3v) is 2.65. The summed E-state index contributed by atoms with van der Waals surface area (Å²) in [4.78, 5) is 10.9. The number of ether oxygens (including phenoxy) is 2. The summed E-state index contributed by atoms with van der Waals surface area (Å²) in [6.45, 7) is 4.91. The fourth-order valence-corrected chi connectivity index (χ4v) is 1.86. The number of aliphatic carboxylic acids is 1. The first kappa shape index (κ1) is 15.3. The first-order valence-corrected chi connectivity index (χ1v) is 6.40. The lowest BCUT2D eigenvalue weighted by Gasteiger charge is -2.17. The van der Waals surface area contributed by atoms with E-state index in [4.69, 9.17) is 14.6 Å².